The van der Waals surface area contributed by atoms with Crippen molar-refractivity contribution in [3.63, 3.8) is 0 Å². The highest BCUT2D eigenvalue weighted by atomic mass is 32.1. The first-order chi connectivity index (χ1) is 9.93. The summed E-state index contributed by atoms with van der Waals surface area (Å²) in [4.78, 5) is 23.5. The summed E-state index contributed by atoms with van der Waals surface area (Å²) in [5.41, 5.74) is 2.41. The van der Waals surface area contributed by atoms with Crippen LogP contribution in [0.25, 0.3) is 0 Å². The Balaban J connectivity index is 2.30. The van der Waals surface area contributed by atoms with Gasteiger partial charge in [0.25, 0.3) is 5.91 Å². The van der Waals surface area contributed by atoms with E-state index in [1.165, 1.54) is 7.11 Å². The van der Waals surface area contributed by atoms with Crippen LogP contribution in [0.1, 0.15) is 31.2 Å². The van der Waals surface area contributed by atoms with Gasteiger partial charge in [-0.2, -0.15) is 0 Å². The van der Waals surface area contributed by atoms with Crippen molar-refractivity contribution in [3.8, 4) is 5.75 Å². The minimum Gasteiger partial charge on any atom is -0.496 e. The highest BCUT2D eigenvalue weighted by Gasteiger charge is 2.18. The van der Waals surface area contributed by atoms with Crippen LogP contribution in [-0.4, -0.2) is 24.1 Å². The van der Waals surface area contributed by atoms with E-state index in [-0.39, 0.29) is 10.8 Å². The van der Waals surface area contributed by atoms with Crippen molar-refractivity contribution >= 4 is 28.9 Å². The molecule has 0 fully saturated rings. The highest BCUT2D eigenvalue weighted by Crippen LogP contribution is 2.28. The van der Waals surface area contributed by atoms with E-state index in [9.17, 15) is 9.59 Å². The van der Waals surface area contributed by atoms with Crippen LogP contribution in [0.15, 0.2) is 23.6 Å². The summed E-state index contributed by atoms with van der Waals surface area (Å²) in [6.45, 7) is 3.64. The number of hydrogen-bond donors (Lipinski definition) is 2. The number of carboxylic acids is 1. The number of thiophene rings is 1. The van der Waals surface area contributed by atoms with Gasteiger partial charge in [0.1, 0.15) is 10.6 Å². The predicted molar refractivity (Wildman–Crippen MR) is 81.7 cm³/mol. The fourth-order valence-electron chi connectivity index (χ4n) is 1.90. The molecule has 0 unspecified atom stereocenters. The topological polar surface area (TPSA) is 75.6 Å². The van der Waals surface area contributed by atoms with E-state index in [1.54, 1.807) is 30.5 Å². The van der Waals surface area contributed by atoms with Gasteiger partial charge in [0.05, 0.1) is 12.8 Å². The van der Waals surface area contributed by atoms with Crippen LogP contribution in [0.3, 0.4) is 0 Å². The minimum absolute atomic E-state index is 0.125. The SMILES string of the molecule is COc1cc(C(=O)Nc2c(C)csc2C(=O)O)ccc1C. The number of anilines is 1. The van der Waals surface area contributed by atoms with E-state index in [0.29, 0.717) is 17.0 Å². The van der Waals surface area contributed by atoms with Gasteiger partial charge in [0, 0.05) is 5.56 Å². The summed E-state index contributed by atoms with van der Waals surface area (Å²) >= 11 is 1.09. The summed E-state index contributed by atoms with van der Waals surface area (Å²) in [5, 5.41) is 13.5. The number of aryl methyl sites for hydroxylation is 2. The molecule has 0 saturated heterocycles. The zero-order chi connectivity index (χ0) is 15.6. The highest BCUT2D eigenvalue weighted by molar-refractivity contribution is 7.12. The van der Waals surface area contributed by atoms with E-state index < -0.39 is 5.97 Å². The van der Waals surface area contributed by atoms with Gasteiger partial charge in [0.2, 0.25) is 0 Å². The molecule has 1 aromatic carbocycles. The van der Waals surface area contributed by atoms with Gasteiger partial charge in [-0.1, -0.05) is 6.07 Å². The number of nitrogens with one attached hydrogen (secondary N) is 1. The number of amides is 1. The summed E-state index contributed by atoms with van der Waals surface area (Å²) in [6.07, 6.45) is 0. The van der Waals surface area contributed by atoms with Crippen LogP contribution in [0.4, 0.5) is 5.69 Å². The molecule has 2 aromatic rings. The molecule has 1 amide bonds. The van der Waals surface area contributed by atoms with Crippen LogP contribution < -0.4 is 10.1 Å². The molecule has 0 bridgehead atoms. The lowest BCUT2D eigenvalue weighted by molar-refractivity contribution is 0.0703. The first kappa shape index (κ1) is 15.1. The Hall–Kier alpha value is -2.34. The molecule has 0 saturated carbocycles. The number of hydrogen-bond acceptors (Lipinski definition) is 4. The average molecular weight is 305 g/mol. The van der Waals surface area contributed by atoms with Gasteiger partial charge in [-0.3, -0.25) is 4.79 Å². The summed E-state index contributed by atoms with van der Waals surface area (Å²) in [7, 11) is 1.54. The monoisotopic (exact) mass is 305 g/mol. The van der Waals surface area contributed by atoms with Crippen LogP contribution >= 0.6 is 11.3 Å². The molecule has 2 rings (SSSR count). The second-order valence-corrected chi connectivity index (χ2v) is 5.45. The Labute approximate surface area is 126 Å². The number of benzene rings is 1. The molecular weight excluding hydrogens is 290 g/mol. The van der Waals surface area contributed by atoms with Crippen molar-refractivity contribution in [2.75, 3.05) is 12.4 Å². The smallest absolute Gasteiger partial charge is 0.348 e. The minimum atomic E-state index is -1.05. The number of rotatable bonds is 4. The quantitative estimate of drug-likeness (QED) is 0.908. The van der Waals surface area contributed by atoms with E-state index in [2.05, 4.69) is 5.32 Å². The lowest BCUT2D eigenvalue weighted by Crippen LogP contribution is -2.14. The average Bonchev–Trinajstić information content (AvgIpc) is 2.81. The number of carbonyl (C=O) groups excluding carboxylic acids is 1. The Bertz CT molecular complexity index is 706. The molecular formula is C15H15NO4S. The van der Waals surface area contributed by atoms with Crippen LogP contribution in [0.5, 0.6) is 5.75 Å². The number of ether oxygens (including phenoxy) is 1. The first-order valence-corrected chi connectivity index (χ1v) is 7.09. The molecule has 0 atom stereocenters. The predicted octanol–water partition coefficient (Wildman–Crippen LogP) is 3.32. The lowest BCUT2D eigenvalue weighted by atomic mass is 10.1. The molecule has 1 heterocycles. The fraction of sp³-hybridized carbons (Fsp3) is 0.200. The van der Waals surface area contributed by atoms with Crippen molar-refractivity contribution in [1.82, 2.24) is 0 Å². The molecule has 0 spiro atoms. The van der Waals surface area contributed by atoms with Gasteiger partial charge in [-0.15, -0.1) is 11.3 Å². The van der Waals surface area contributed by atoms with Gasteiger partial charge in [-0.05, 0) is 42.5 Å². The molecule has 21 heavy (non-hydrogen) atoms. The Morgan fingerprint density at radius 2 is 1.95 bits per heavy atom. The van der Waals surface area contributed by atoms with Gasteiger partial charge < -0.3 is 15.2 Å². The molecule has 1 aromatic heterocycles. The van der Waals surface area contributed by atoms with Gasteiger partial charge >= 0.3 is 5.97 Å². The molecule has 0 radical (unpaired) electrons. The van der Waals surface area contributed by atoms with Crippen molar-refractivity contribution in [1.29, 1.82) is 0 Å². The van der Waals surface area contributed by atoms with Crippen LogP contribution in [-0.2, 0) is 0 Å². The van der Waals surface area contributed by atoms with Crippen LogP contribution in [0, 0.1) is 13.8 Å². The maximum absolute atomic E-state index is 12.3. The Morgan fingerprint density at radius 1 is 1.24 bits per heavy atom. The van der Waals surface area contributed by atoms with Crippen LogP contribution in [0.2, 0.25) is 0 Å². The molecule has 0 aliphatic heterocycles. The standard InChI is InChI=1S/C15H15NO4S/c1-8-4-5-10(6-11(8)20-3)14(17)16-12-9(2)7-21-13(12)15(18)19/h4-7H,1-3H3,(H,16,17)(H,18,19). The van der Waals surface area contributed by atoms with Crippen molar-refractivity contribution in [3.05, 3.63) is 45.1 Å². The molecule has 0 aliphatic rings. The largest absolute Gasteiger partial charge is 0.496 e. The lowest BCUT2D eigenvalue weighted by Gasteiger charge is -2.09. The number of carbonyl (C=O) groups is 2. The Kier molecular flexibility index (Phi) is 4.28. The van der Waals surface area contributed by atoms with Crippen molar-refractivity contribution < 1.29 is 19.4 Å². The molecule has 6 heteroatoms. The van der Waals surface area contributed by atoms with E-state index in [0.717, 1.165) is 22.5 Å². The zero-order valence-corrected chi connectivity index (χ0v) is 12.7. The number of methoxy groups -OCH3 is 1. The van der Waals surface area contributed by atoms with E-state index in [4.69, 9.17) is 9.84 Å². The summed E-state index contributed by atoms with van der Waals surface area (Å²) in [6, 6.07) is 5.09. The van der Waals surface area contributed by atoms with E-state index in [1.807, 2.05) is 6.92 Å². The summed E-state index contributed by atoms with van der Waals surface area (Å²) in [5.74, 6) is -0.801. The maximum Gasteiger partial charge on any atom is 0.348 e. The maximum atomic E-state index is 12.3. The van der Waals surface area contributed by atoms with E-state index >= 15 is 0 Å². The third-order valence-corrected chi connectivity index (χ3v) is 4.16. The third kappa shape index (κ3) is 3.05. The number of carboxylic acid groups (broad SMARTS) is 1. The molecule has 110 valence electrons. The fourth-order valence-corrected chi connectivity index (χ4v) is 2.75. The second-order valence-electron chi connectivity index (χ2n) is 4.57. The van der Waals surface area contributed by atoms with Gasteiger partial charge in [0.15, 0.2) is 0 Å². The second kappa shape index (κ2) is 5.97. The zero-order valence-electron chi connectivity index (χ0n) is 11.9. The van der Waals surface area contributed by atoms with Crippen molar-refractivity contribution in [2.24, 2.45) is 0 Å². The number of aromatic carboxylic acids is 1. The normalized spacial score (nSPS) is 10.2. The Morgan fingerprint density at radius 3 is 2.57 bits per heavy atom. The molecule has 5 nitrogen and oxygen atoms in total. The van der Waals surface area contributed by atoms with Gasteiger partial charge in [-0.25, -0.2) is 4.79 Å². The first-order valence-electron chi connectivity index (χ1n) is 6.21. The summed E-state index contributed by atoms with van der Waals surface area (Å²) < 4.78 is 5.18. The third-order valence-electron chi connectivity index (χ3n) is 3.08. The van der Waals surface area contributed by atoms with Crippen molar-refractivity contribution in [2.45, 2.75) is 13.8 Å². The molecule has 0 aliphatic carbocycles. The molecule has 2 N–H and O–H groups in total.